The first-order valence-electron chi connectivity index (χ1n) is 11.1. The summed E-state index contributed by atoms with van der Waals surface area (Å²) < 4.78 is 41.9. The van der Waals surface area contributed by atoms with Crippen molar-refractivity contribution in [3.8, 4) is 23.0 Å². The highest BCUT2D eigenvalue weighted by Crippen LogP contribution is 2.40. The lowest BCUT2D eigenvalue weighted by Crippen LogP contribution is -2.42. The predicted molar refractivity (Wildman–Crippen MR) is 135 cm³/mol. The van der Waals surface area contributed by atoms with Gasteiger partial charge in [-0.25, -0.2) is 0 Å². The Hall–Kier alpha value is -2.87. The van der Waals surface area contributed by atoms with Crippen LogP contribution in [0.5, 0.6) is 23.0 Å². The topological polar surface area (TPSA) is 87.9 Å². The Kier molecular flexibility index (Phi) is 7.70. The Morgan fingerprint density at radius 3 is 1.68 bits per heavy atom. The number of hydrogen-bond donors (Lipinski definition) is 1. The summed E-state index contributed by atoms with van der Waals surface area (Å²) in [6, 6.07) is 19.9. The summed E-state index contributed by atoms with van der Waals surface area (Å²) >= 11 is 0. The van der Waals surface area contributed by atoms with Crippen molar-refractivity contribution in [1.29, 1.82) is 0 Å². The molecule has 0 spiro atoms. The summed E-state index contributed by atoms with van der Waals surface area (Å²) in [7, 11) is -3.77. The zero-order chi connectivity index (χ0) is 25.1. The molecule has 3 aromatic rings. The van der Waals surface area contributed by atoms with E-state index in [1.165, 1.54) is 0 Å². The molecular weight excluding hydrogens is 450 g/mol. The summed E-state index contributed by atoms with van der Waals surface area (Å²) in [5.41, 5.74) is 8.86. The third kappa shape index (κ3) is 7.06. The Bertz CT molecular complexity index is 1210. The van der Waals surface area contributed by atoms with Crippen molar-refractivity contribution < 1.29 is 22.1 Å². The van der Waals surface area contributed by atoms with E-state index in [1.54, 1.807) is 18.2 Å². The van der Waals surface area contributed by atoms with E-state index in [0.29, 0.717) is 28.6 Å². The van der Waals surface area contributed by atoms with Crippen LogP contribution in [0.25, 0.3) is 0 Å². The average molecular weight is 484 g/mol. The van der Waals surface area contributed by atoms with Crippen LogP contribution in [-0.4, -0.2) is 20.7 Å². The second-order valence-electron chi connectivity index (χ2n) is 9.65. The maximum Gasteiger partial charge on any atom is 0.265 e. The number of rotatable bonds is 8. The minimum absolute atomic E-state index is 0.412. The van der Waals surface area contributed by atoms with Gasteiger partial charge >= 0.3 is 0 Å². The van der Waals surface area contributed by atoms with E-state index in [4.69, 9.17) is 19.4 Å². The lowest BCUT2D eigenvalue weighted by atomic mass is 9.82. The highest BCUT2D eigenvalue weighted by atomic mass is 32.2. The summed E-state index contributed by atoms with van der Waals surface area (Å²) in [5.74, 6) is 2.18. The van der Waals surface area contributed by atoms with Crippen LogP contribution in [0.1, 0.15) is 43.6 Å². The van der Waals surface area contributed by atoms with Gasteiger partial charge in [0.1, 0.15) is 17.6 Å². The van der Waals surface area contributed by atoms with Crippen LogP contribution in [-0.2, 0) is 14.3 Å². The number of nitrogens with two attached hydrogens (primary N) is 1. The molecule has 0 fully saturated rings. The third-order valence-corrected chi connectivity index (χ3v) is 5.96. The molecule has 182 valence electrons. The van der Waals surface area contributed by atoms with Gasteiger partial charge in [-0.1, -0.05) is 62.2 Å². The van der Waals surface area contributed by atoms with Crippen molar-refractivity contribution >= 4 is 10.1 Å². The van der Waals surface area contributed by atoms with Crippen molar-refractivity contribution in [2.45, 2.75) is 46.8 Å². The van der Waals surface area contributed by atoms with Crippen molar-refractivity contribution in [2.24, 2.45) is 11.1 Å². The lowest BCUT2D eigenvalue weighted by molar-refractivity contribution is 0.121. The van der Waals surface area contributed by atoms with E-state index in [-0.39, 0.29) is 0 Å². The van der Waals surface area contributed by atoms with Crippen LogP contribution in [0.15, 0.2) is 66.7 Å². The number of hydrogen-bond acceptors (Lipinski definition) is 6. The van der Waals surface area contributed by atoms with E-state index in [9.17, 15) is 8.42 Å². The SMILES string of the molecule is Cc1ccc(Oc2ccc(C(OS(C)(=O)=O)C(N)C(C)(C)C)cc2Oc2ccc(C)cc2)cc1. The molecule has 3 aromatic carbocycles. The van der Waals surface area contributed by atoms with E-state index in [2.05, 4.69) is 0 Å². The number of aryl methyl sites for hydroxylation is 2. The van der Waals surface area contributed by atoms with Crippen LogP contribution >= 0.6 is 0 Å². The van der Waals surface area contributed by atoms with Crippen LogP contribution in [0.3, 0.4) is 0 Å². The standard InChI is InChI=1S/C27H33NO5S/c1-18-7-12-21(13-8-18)31-23-16-11-20(17-24(23)32-22-14-9-19(2)10-15-22)25(33-34(6,29)30)26(28)27(3,4)5/h7-17,25-26H,28H2,1-6H3. The largest absolute Gasteiger partial charge is 0.453 e. The minimum atomic E-state index is -3.77. The van der Waals surface area contributed by atoms with Crippen molar-refractivity contribution in [3.63, 3.8) is 0 Å². The van der Waals surface area contributed by atoms with Gasteiger partial charge in [0.15, 0.2) is 11.5 Å². The molecule has 2 atom stereocenters. The van der Waals surface area contributed by atoms with Crippen LogP contribution in [0, 0.1) is 19.3 Å². The molecule has 0 saturated heterocycles. The van der Waals surface area contributed by atoms with Gasteiger partial charge in [0.25, 0.3) is 10.1 Å². The fraction of sp³-hybridized carbons (Fsp3) is 0.333. The molecule has 0 radical (unpaired) electrons. The van der Waals surface area contributed by atoms with Crippen molar-refractivity contribution in [3.05, 3.63) is 83.4 Å². The quantitative estimate of drug-likeness (QED) is 0.380. The normalized spacial score (nSPS) is 13.9. The second-order valence-corrected chi connectivity index (χ2v) is 11.2. The van der Waals surface area contributed by atoms with Crippen molar-refractivity contribution in [1.82, 2.24) is 0 Å². The fourth-order valence-corrected chi connectivity index (χ4v) is 3.90. The summed E-state index contributed by atoms with van der Waals surface area (Å²) in [5, 5.41) is 0. The molecular formula is C27H33NO5S. The van der Waals surface area contributed by atoms with Gasteiger partial charge in [0, 0.05) is 6.04 Å². The van der Waals surface area contributed by atoms with Gasteiger partial charge in [-0.15, -0.1) is 0 Å². The zero-order valence-electron chi connectivity index (χ0n) is 20.5. The van der Waals surface area contributed by atoms with Crippen LogP contribution in [0.2, 0.25) is 0 Å². The molecule has 0 aliphatic carbocycles. The molecule has 0 aliphatic rings. The Labute approximate surface area is 202 Å². The molecule has 2 unspecified atom stereocenters. The summed E-state index contributed by atoms with van der Waals surface area (Å²) in [6.45, 7) is 9.82. The van der Waals surface area contributed by atoms with E-state index >= 15 is 0 Å². The van der Waals surface area contributed by atoms with E-state index < -0.39 is 27.7 Å². The fourth-order valence-electron chi connectivity index (χ4n) is 3.30. The predicted octanol–water partition coefficient (Wildman–Crippen LogP) is 6.28. The number of benzene rings is 3. The van der Waals surface area contributed by atoms with Gasteiger partial charge in [0.2, 0.25) is 0 Å². The van der Waals surface area contributed by atoms with Gasteiger partial charge in [0.05, 0.1) is 6.26 Å². The average Bonchev–Trinajstić information content (AvgIpc) is 2.74. The first kappa shape index (κ1) is 25.7. The van der Waals surface area contributed by atoms with Gasteiger partial charge < -0.3 is 15.2 Å². The lowest BCUT2D eigenvalue weighted by Gasteiger charge is -2.33. The molecule has 7 heteroatoms. The highest BCUT2D eigenvalue weighted by Gasteiger charge is 2.34. The van der Waals surface area contributed by atoms with Gasteiger partial charge in [-0.05, 0) is 61.2 Å². The van der Waals surface area contributed by atoms with Crippen molar-refractivity contribution in [2.75, 3.05) is 6.26 Å². The molecule has 6 nitrogen and oxygen atoms in total. The monoisotopic (exact) mass is 483 g/mol. The smallest absolute Gasteiger partial charge is 0.265 e. The molecule has 0 aromatic heterocycles. The molecule has 0 amide bonds. The maximum absolute atomic E-state index is 12.1. The Balaban J connectivity index is 2.06. The van der Waals surface area contributed by atoms with Crippen LogP contribution in [0.4, 0.5) is 0 Å². The summed E-state index contributed by atoms with van der Waals surface area (Å²) in [4.78, 5) is 0. The minimum Gasteiger partial charge on any atom is -0.453 e. The summed E-state index contributed by atoms with van der Waals surface area (Å²) in [6.07, 6.45) is 0.123. The molecule has 0 bridgehead atoms. The zero-order valence-corrected chi connectivity index (χ0v) is 21.3. The molecule has 0 saturated carbocycles. The Morgan fingerprint density at radius 2 is 1.24 bits per heavy atom. The second kappa shape index (κ2) is 10.2. The van der Waals surface area contributed by atoms with Crippen LogP contribution < -0.4 is 15.2 Å². The van der Waals surface area contributed by atoms with Gasteiger partial charge in [-0.3, -0.25) is 4.18 Å². The van der Waals surface area contributed by atoms with E-state index in [1.807, 2.05) is 83.1 Å². The maximum atomic E-state index is 12.1. The van der Waals surface area contributed by atoms with E-state index in [0.717, 1.165) is 17.4 Å². The third-order valence-electron chi connectivity index (χ3n) is 5.40. The molecule has 0 aliphatic heterocycles. The molecule has 2 N–H and O–H groups in total. The first-order chi connectivity index (χ1) is 15.8. The highest BCUT2D eigenvalue weighted by molar-refractivity contribution is 7.86. The Morgan fingerprint density at radius 1 is 0.765 bits per heavy atom. The molecule has 0 heterocycles. The first-order valence-corrected chi connectivity index (χ1v) is 12.9. The molecule has 3 rings (SSSR count). The van der Waals surface area contributed by atoms with Gasteiger partial charge in [-0.2, -0.15) is 8.42 Å². The molecule has 34 heavy (non-hydrogen) atoms. The number of ether oxygens (including phenoxy) is 2.